The van der Waals surface area contributed by atoms with Gasteiger partial charge < -0.3 is 15.3 Å². The molecule has 0 radical (unpaired) electrons. The molecule has 0 bridgehead atoms. The van der Waals surface area contributed by atoms with Crippen LogP contribution >= 0.6 is 27.3 Å². The van der Waals surface area contributed by atoms with Crippen molar-refractivity contribution in [3.63, 3.8) is 0 Å². The van der Waals surface area contributed by atoms with Crippen LogP contribution in [0.2, 0.25) is 0 Å². The minimum absolute atomic E-state index is 0.363. The number of rotatable bonds is 7. The molecule has 1 aromatic heterocycles. The normalized spacial score (nSPS) is 11.9. The molecule has 2 N–H and O–H groups in total. The van der Waals surface area contributed by atoms with E-state index in [1.165, 1.54) is 4.90 Å². The molecule has 1 atom stereocenters. The summed E-state index contributed by atoms with van der Waals surface area (Å²) in [5.41, 5.74) is 0. The number of carbonyl (C=O) groups is 2. The number of nitrogens with zero attached hydrogens (tertiary/aromatic N) is 1. The summed E-state index contributed by atoms with van der Waals surface area (Å²) in [5.74, 6) is -0.987. The van der Waals surface area contributed by atoms with Gasteiger partial charge in [0.05, 0.1) is 6.54 Å². The largest absolute Gasteiger partial charge is 0.480 e. The lowest BCUT2D eigenvalue weighted by Crippen LogP contribution is -2.46. The molecule has 5 nitrogen and oxygen atoms in total. The van der Waals surface area contributed by atoms with Gasteiger partial charge in [0.1, 0.15) is 6.04 Å². The Bertz CT molecular complexity index is 464. The van der Waals surface area contributed by atoms with E-state index in [4.69, 9.17) is 5.11 Å². The lowest BCUT2D eigenvalue weighted by molar-refractivity contribution is -0.139. The molecule has 1 heterocycles. The Morgan fingerprint density at radius 2 is 2.25 bits per heavy atom. The number of unbranched alkanes of at least 4 members (excludes halogenated alkanes) is 1. The predicted molar refractivity (Wildman–Crippen MR) is 83.0 cm³/mol. The number of carbonyl (C=O) groups excluding carboxylic acids is 1. The van der Waals surface area contributed by atoms with Gasteiger partial charge >= 0.3 is 12.0 Å². The lowest BCUT2D eigenvalue weighted by atomic mass is 10.1. The molecule has 0 aliphatic rings. The summed E-state index contributed by atoms with van der Waals surface area (Å²) in [6.07, 6.45) is 2.13. The summed E-state index contributed by atoms with van der Waals surface area (Å²) in [6, 6.07) is 0.762. The zero-order valence-electron chi connectivity index (χ0n) is 11.6. The van der Waals surface area contributed by atoms with E-state index in [0.717, 1.165) is 22.2 Å². The summed E-state index contributed by atoms with van der Waals surface area (Å²) in [4.78, 5) is 25.6. The molecule has 0 spiro atoms. The molecule has 20 heavy (non-hydrogen) atoms. The Kier molecular flexibility index (Phi) is 7.01. The summed E-state index contributed by atoms with van der Waals surface area (Å²) >= 11 is 4.91. The number of urea groups is 1. The van der Waals surface area contributed by atoms with Crippen molar-refractivity contribution < 1.29 is 14.7 Å². The van der Waals surface area contributed by atoms with Crippen molar-refractivity contribution in [1.29, 1.82) is 0 Å². The number of nitrogens with one attached hydrogen (secondary N) is 1. The van der Waals surface area contributed by atoms with Crippen molar-refractivity contribution in [2.75, 3.05) is 7.05 Å². The molecule has 112 valence electrons. The number of halogens is 1. The minimum atomic E-state index is -0.987. The van der Waals surface area contributed by atoms with Gasteiger partial charge in [-0.2, -0.15) is 0 Å². The van der Waals surface area contributed by atoms with Crippen LogP contribution in [0.25, 0.3) is 0 Å². The van der Waals surface area contributed by atoms with Crippen molar-refractivity contribution in [3.8, 4) is 0 Å². The zero-order chi connectivity index (χ0) is 15.1. The van der Waals surface area contributed by atoms with E-state index < -0.39 is 12.0 Å². The topological polar surface area (TPSA) is 69.6 Å². The number of thiophene rings is 1. The van der Waals surface area contributed by atoms with E-state index in [0.29, 0.717) is 13.0 Å². The van der Waals surface area contributed by atoms with Crippen LogP contribution in [0, 0.1) is 0 Å². The van der Waals surface area contributed by atoms with Crippen LogP contribution in [0.3, 0.4) is 0 Å². The number of carboxylic acids is 1. The molecular formula is C13H19BrN2O3S. The second kappa shape index (κ2) is 8.26. The van der Waals surface area contributed by atoms with Crippen molar-refractivity contribution in [1.82, 2.24) is 10.2 Å². The fourth-order valence-corrected chi connectivity index (χ4v) is 3.17. The maximum atomic E-state index is 12.0. The van der Waals surface area contributed by atoms with E-state index >= 15 is 0 Å². The van der Waals surface area contributed by atoms with Crippen LogP contribution in [0.5, 0.6) is 0 Å². The van der Waals surface area contributed by atoms with Crippen LogP contribution in [-0.2, 0) is 11.3 Å². The maximum Gasteiger partial charge on any atom is 0.326 e. The monoisotopic (exact) mass is 362 g/mol. The van der Waals surface area contributed by atoms with E-state index in [9.17, 15) is 9.59 Å². The number of hydrogen-bond acceptors (Lipinski definition) is 3. The van der Waals surface area contributed by atoms with Crippen LogP contribution in [0.4, 0.5) is 4.79 Å². The number of aliphatic carboxylic acids is 1. The first-order valence-corrected chi connectivity index (χ1v) is 8.08. The Morgan fingerprint density at radius 1 is 1.55 bits per heavy atom. The molecule has 0 fully saturated rings. The SMILES string of the molecule is CCCC[C@H](NC(=O)N(C)Cc1cc(Br)cs1)C(=O)O. The van der Waals surface area contributed by atoms with E-state index in [2.05, 4.69) is 21.2 Å². The lowest BCUT2D eigenvalue weighted by Gasteiger charge is -2.20. The highest BCUT2D eigenvalue weighted by atomic mass is 79.9. The van der Waals surface area contributed by atoms with E-state index in [1.54, 1.807) is 18.4 Å². The summed E-state index contributed by atoms with van der Waals surface area (Å²) in [5, 5.41) is 13.6. The van der Waals surface area contributed by atoms with Crippen molar-refractivity contribution >= 4 is 39.3 Å². The third kappa shape index (κ3) is 5.50. The van der Waals surface area contributed by atoms with Gasteiger partial charge in [-0.3, -0.25) is 0 Å². The van der Waals surface area contributed by atoms with Gasteiger partial charge in [-0.15, -0.1) is 11.3 Å². The molecule has 0 unspecified atom stereocenters. The summed E-state index contributed by atoms with van der Waals surface area (Å²) in [7, 11) is 1.65. The first kappa shape index (κ1) is 17.0. The highest BCUT2D eigenvalue weighted by molar-refractivity contribution is 9.10. The average molecular weight is 363 g/mol. The highest BCUT2D eigenvalue weighted by Gasteiger charge is 2.21. The third-order valence-electron chi connectivity index (χ3n) is 2.80. The highest BCUT2D eigenvalue weighted by Crippen LogP contribution is 2.20. The maximum absolute atomic E-state index is 12.0. The fourth-order valence-electron chi connectivity index (χ4n) is 1.67. The number of hydrogen-bond donors (Lipinski definition) is 2. The molecule has 0 aliphatic heterocycles. The Morgan fingerprint density at radius 3 is 2.75 bits per heavy atom. The van der Waals surface area contributed by atoms with Crippen LogP contribution in [0.1, 0.15) is 31.1 Å². The Labute approximate surface area is 131 Å². The van der Waals surface area contributed by atoms with Gasteiger partial charge in [-0.1, -0.05) is 19.8 Å². The molecule has 7 heteroatoms. The number of carboxylic acid groups (broad SMARTS) is 1. The van der Waals surface area contributed by atoms with Gasteiger partial charge in [0, 0.05) is 21.8 Å². The molecule has 0 saturated carbocycles. The van der Waals surface area contributed by atoms with Crippen molar-refractivity contribution in [3.05, 3.63) is 20.8 Å². The summed E-state index contributed by atoms with van der Waals surface area (Å²) < 4.78 is 0.984. The van der Waals surface area contributed by atoms with Gasteiger partial charge in [0.15, 0.2) is 0 Å². The predicted octanol–water partition coefficient (Wildman–Crippen LogP) is 3.30. The van der Waals surface area contributed by atoms with Gasteiger partial charge in [-0.25, -0.2) is 9.59 Å². The van der Waals surface area contributed by atoms with Crippen LogP contribution in [0.15, 0.2) is 15.9 Å². The Balaban J connectivity index is 2.52. The smallest absolute Gasteiger partial charge is 0.326 e. The quantitative estimate of drug-likeness (QED) is 0.781. The van der Waals surface area contributed by atoms with E-state index in [1.807, 2.05) is 18.4 Å². The molecule has 0 aliphatic carbocycles. The first-order chi connectivity index (χ1) is 9.43. The van der Waals surface area contributed by atoms with Gasteiger partial charge in [-0.05, 0) is 28.4 Å². The number of amides is 2. The first-order valence-electron chi connectivity index (χ1n) is 6.41. The van der Waals surface area contributed by atoms with E-state index in [-0.39, 0.29) is 6.03 Å². The van der Waals surface area contributed by atoms with Crippen molar-refractivity contribution in [2.24, 2.45) is 0 Å². The summed E-state index contributed by atoms with van der Waals surface area (Å²) in [6.45, 7) is 2.45. The van der Waals surface area contributed by atoms with Crippen LogP contribution in [-0.4, -0.2) is 35.1 Å². The van der Waals surface area contributed by atoms with Crippen LogP contribution < -0.4 is 5.32 Å². The molecule has 2 amide bonds. The van der Waals surface area contributed by atoms with Gasteiger partial charge in [0.2, 0.25) is 0 Å². The molecule has 1 rings (SSSR count). The fraction of sp³-hybridized carbons (Fsp3) is 0.538. The molecule has 0 saturated heterocycles. The average Bonchev–Trinajstić information content (AvgIpc) is 2.79. The second-order valence-corrected chi connectivity index (χ2v) is 6.48. The molecular weight excluding hydrogens is 344 g/mol. The van der Waals surface area contributed by atoms with Crippen molar-refractivity contribution in [2.45, 2.75) is 38.8 Å². The Hall–Kier alpha value is -1.08. The third-order valence-corrected chi connectivity index (χ3v) is 4.49. The minimum Gasteiger partial charge on any atom is -0.480 e. The van der Waals surface area contributed by atoms with Gasteiger partial charge in [0.25, 0.3) is 0 Å². The standard InChI is InChI=1S/C13H19BrN2O3S/c1-3-4-5-11(12(17)18)15-13(19)16(2)7-10-6-9(14)8-20-10/h6,8,11H,3-5,7H2,1-2H3,(H,15,19)(H,17,18)/t11-/m0/s1. The second-order valence-electron chi connectivity index (χ2n) is 4.57. The zero-order valence-corrected chi connectivity index (χ0v) is 14.0. The molecule has 0 aromatic carbocycles. The molecule has 1 aromatic rings.